The fourth-order valence-electron chi connectivity index (χ4n) is 4.25. The number of carboxylic acids is 1. The monoisotopic (exact) mass is 437 g/mol. The number of rotatable bonds is 9. The molecule has 0 aromatic carbocycles. The Balaban J connectivity index is 3.06. The molecule has 1 aliphatic rings. The number of hydrogen-bond donors (Lipinski definition) is 2. The molecule has 0 aliphatic carbocycles. The summed E-state index contributed by atoms with van der Waals surface area (Å²) in [6.45, 7) is 16.6. The smallest absolute Gasteiger partial charge is 0.331 e. The van der Waals surface area contributed by atoms with Gasteiger partial charge in [0, 0.05) is 25.2 Å². The molecule has 1 rings (SSSR count). The summed E-state index contributed by atoms with van der Waals surface area (Å²) >= 11 is 0. The third-order valence-corrected chi connectivity index (χ3v) is 6.29. The molecule has 2 amide bonds. The lowest BCUT2D eigenvalue weighted by Gasteiger charge is -2.41. The van der Waals surface area contributed by atoms with Gasteiger partial charge in [-0.05, 0) is 51.4 Å². The molecular formula is C24H43N3O4. The van der Waals surface area contributed by atoms with Gasteiger partial charge in [-0.3, -0.25) is 14.5 Å². The van der Waals surface area contributed by atoms with Crippen LogP contribution >= 0.6 is 0 Å². The Morgan fingerprint density at radius 2 is 1.65 bits per heavy atom. The van der Waals surface area contributed by atoms with E-state index in [0.29, 0.717) is 5.92 Å². The molecule has 1 heterocycles. The van der Waals surface area contributed by atoms with Gasteiger partial charge in [0.1, 0.15) is 6.04 Å². The number of nitrogens with zero attached hydrogens (tertiary/aromatic N) is 2. The summed E-state index contributed by atoms with van der Waals surface area (Å²) in [5.74, 6) is -0.804. The van der Waals surface area contributed by atoms with Gasteiger partial charge < -0.3 is 15.3 Å². The zero-order chi connectivity index (χ0) is 24.0. The van der Waals surface area contributed by atoms with E-state index in [9.17, 15) is 19.5 Å². The van der Waals surface area contributed by atoms with E-state index in [1.54, 1.807) is 18.0 Å². The Kier molecular flexibility index (Phi) is 10.2. The number of carboxylic acid groups (broad SMARTS) is 1. The van der Waals surface area contributed by atoms with Gasteiger partial charge in [0.2, 0.25) is 11.8 Å². The average Bonchev–Trinajstić information content (AvgIpc) is 2.67. The lowest BCUT2D eigenvalue weighted by molar-refractivity contribution is -0.140. The van der Waals surface area contributed by atoms with Crippen molar-refractivity contribution in [1.29, 1.82) is 0 Å². The van der Waals surface area contributed by atoms with Gasteiger partial charge in [0.25, 0.3) is 0 Å². The lowest BCUT2D eigenvalue weighted by Crippen LogP contribution is -2.59. The number of hydrogen-bond acceptors (Lipinski definition) is 4. The van der Waals surface area contributed by atoms with Gasteiger partial charge in [-0.2, -0.15) is 0 Å². The van der Waals surface area contributed by atoms with Gasteiger partial charge in [0.05, 0.1) is 12.1 Å². The quantitative estimate of drug-likeness (QED) is 0.541. The first-order valence-electron chi connectivity index (χ1n) is 11.5. The number of carbonyl (C=O) groups is 3. The molecule has 0 aromatic rings. The van der Waals surface area contributed by atoms with Crippen LogP contribution in [0, 0.1) is 17.8 Å². The van der Waals surface area contributed by atoms with E-state index in [1.165, 1.54) is 6.92 Å². The van der Waals surface area contributed by atoms with Crippen molar-refractivity contribution in [1.82, 2.24) is 15.1 Å². The molecular weight excluding hydrogens is 394 g/mol. The Bertz CT molecular complexity index is 672. The molecule has 1 fully saturated rings. The van der Waals surface area contributed by atoms with E-state index in [1.807, 2.05) is 27.7 Å². The minimum atomic E-state index is -1.000. The summed E-state index contributed by atoms with van der Waals surface area (Å²) in [6.07, 6.45) is 3.40. The van der Waals surface area contributed by atoms with Crippen LogP contribution in [0.3, 0.4) is 0 Å². The average molecular weight is 438 g/mol. The van der Waals surface area contributed by atoms with Crippen molar-refractivity contribution in [2.75, 3.05) is 13.6 Å². The van der Waals surface area contributed by atoms with E-state index in [-0.39, 0.29) is 47.3 Å². The van der Waals surface area contributed by atoms with Crippen molar-refractivity contribution >= 4 is 17.8 Å². The van der Waals surface area contributed by atoms with Crippen LogP contribution in [0.2, 0.25) is 0 Å². The number of carbonyl (C=O) groups excluding carboxylic acids is 2. The lowest BCUT2D eigenvalue weighted by atomic mass is 9.91. The van der Waals surface area contributed by atoms with E-state index in [0.717, 1.165) is 19.4 Å². The van der Waals surface area contributed by atoms with Crippen LogP contribution < -0.4 is 5.32 Å². The second kappa shape index (κ2) is 11.7. The minimum Gasteiger partial charge on any atom is -0.478 e. The van der Waals surface area contributed by atoms with Gasteiger partial charge in [0.15, 0.2) is 0 Å². The standard InChI is InChI=1S/C24H43N3O4/c1-14(2)20(12-18(8)24(30)31)26(9)23(29)21(15(3)4)25-22(28)19-11-10-17(7)13-27(19)16(5)6/h12,14-17,19-21H,10-11,13H2,1-9H3,(H,25,28)(H,30,31)/b18-12+/t17-,19?,20+,21-/m0/s1. The van der Waals surface area contributed by atoms with Crippen LogP contribution in [0.5, 0.6) is 0 Å². The molecule has 1 aliphatic heterocycles. The molecule has 0 saturated carbocycles. The number of nitrogens with one attached hydrogen (secondary N) is 1. The van der Waals surface area contributed by atoms with Crippen LogP contribution in [-0.2, 0) is 14.4 Å². The van der Waals surface area contributed by atoms with E-state index in [4.69, 9.17) is 0 Å². The summed E-state index contributed by atoms with van der Waals surface area (Å²) in [7, 11) is 1.68. The first kappa shape index (κ1) is 27.1. The highest BCUT2D eigenvalue weighted by atomic mass is 16.4. The van der Waals surface area contributed by atoms with Gasteiger partial charge in [-0.15, -0.1) is 0 Å². The summed E-state index contributed by atoms with van der Waals surface area (Å²) in [5, 5.41) is 12.3. The molecule has 1 saturated heterocycles. The van der Waals surface area contributed by atoms with Gasteiger partial charge in [-0.1, -0.05) is 40.7 Å². The highest BCUT2D eigenvalue weighted by molar-refractivity contribution is 5.90. The van der Waals surface area contributed by atoms with Crippen LogP contribution in [0.15, 0.2) is 11.6 Å². The first-order chi connectivity index (χ1) is 14.3. The number of amides is 2. The Hall–Kier alpha value is -1.89. The van der Waals surface area contributed by atoms with Crippen molar-refractivity contribution in [2.45, 2.75) is 92.4 Å². The van der Waals surface area contributed by atoms with Crippen molar-refractivity contribution in [3.63, 3.8) is 0 Å². The summed E-state index contributed by atoms with van der Waals surface area (Å²) in [6, 6.07) is -1.01. The molecule has 4 atom stereocenters. The molecule has 0 aromatic heterocycles. The molecule has 7 heteroatoms. The number of aliphatic carboxylic acids is 1. The number of piperidine rings is 1. The molecule has 0 bridgehead atoms. The van der Waals surface area contributed by atoms with Crippen LogP contribution in [-0.4, -0.2) is 70.4 Å². The molecule has 2 N–H and O–H groups in total. The number of likely N-dealkylation sites (N-methyl/N-ethyl adjacent to an activating group) is 1. The molecule has 178 valence electrons. The molecule has 1 unspecified atom stereocenters. The molecule has 31 heavy (non-hydrogen) atoms. The predicted octanol–water partition coefficient (Wildman–Crippen LogP) is 3.15. The van der Waals surface area contributed by atoms with Crippen molar-refractivity contribution in [3.05, 3.63) is 11.6 Å². The SMILES string of the molecule is C/C(=C\[C@H](C(C)C)N(C)C(=O)[C@@H](NC(=O)C1CC[C@H](C)CN1C(C)C)C(C)C)C(=O)O. The van der Waals surface area contributed by atoms with Gasteiger partial charge in [-0.25, -0.2) is 4.79 Å². The maximum absolute atomic E-state index is 13.4. The van der Waals surface area contributed by atoms with Crippen molar-refractivity contribution < 1.29 is 19.5 Å². The van der Waals surface area contributed by atoms with Crippen LogP contribution in [0.25, 0.3) is 0 Å². The second-order valence-electron chi connectivity index (χ2n) is 10.1. The minimum absolute atomic E-state index is 0.0306. The largest absolute Gasteiger partial charge is 0.478 e. The highest BCUT2D eigenvalue weighted by Gasteiger charge is 2.37. The summed E-state index contributed by atoms with van der Waals surface area (Å²) in [5.41, 5.74) is 0.201. The summed E-state index contributed by atoms with van der Waals surface area (Å²) < 4.78 is 0. The maximum atomic E-state index is 13.4. The highest BCUT2D eigenvalue weighted by Crippen LogP contribution is 2.24. The topological polar surface area (TPSA) is 90.0 Å². The normalized spacial score (nSPS) is 22.5. The zero-order valence-corrected chi connectivity index (χ0v) is 20.8. The van der Waals surface area contributed by atoms with Crippen LogP contribution in [0.1, 0.15) is 68.2 Å². The summed E-state index contributed by atoms with van der Waals surface area (Å²) in [4.78, 5) is 41.7. The zero-order valence-electron chi connectivity index (χ0n) is 20.8. The second-order valence-corrected chi connectivity index (χ2v) is 10.1. The van der Waals surface area contributed by atoms with Gasteiger partial charge >= 0.3 is 5.97 Å². The molecule has 7 nitrogen and oxygen atoms in total. The molecule has 0 spiro atoms. The van der Waals surface area contributed by atoms with E-state index in [2.05, 4.69) is 31.0 Å². The molecule has 0 radical (unpaired) electrons. The van der Waals surface area contributed by atoms with Crippen LogP contribution in [0.4, 0.5) is 0 Å². The predicted molar refractivity (Wildman–Crippen MR) is 124 cm³/mol. The van der Waals surface area contributed by atoms with Crippen molar-refractivity contribution in [2.24, 2.45) is 17.8 Å². The maximum Gasteiger partial charge on any atom is 0.331 e. The third kappa shape index (κ3) is 7.34. The van der Waals surface area contributed by atoms with E-state index >= 15 is 0 Å². The Labute approximate surface area is 188 Å². The Morgan fingerprint density at radius 1 is 1.06 bits per heavy atom. The fraction of sp³-hybridized carbons (Fsp3) is 0.792. The fourth-order valence-corrected chi connectivity index (χ4v) is 4.25. The third-order valence-electron chi connectivity index (χ3n) is 6.29. The van der Waals surface area contributed by atoms with Crippen molar-refractivity contribution in [3.8, 4) is 0 Å². The van der Waals surface area contributed by atoms with E-state index < -0.39 is 12.0 Å². The first-order valence-corrected chi connectivity index (χ1v) is 11.5. The number of likely N-dealkylation sites (tertiary alicyclic amines) is 1. The Morgan fingerprint density at radius 3 is 2.10 bits per heavy atom.